The molecule has 0 aliphatic heterocycles. The van der Waals surface area contributed by atoms with Crippen LogP contribution < -0.4 is 5.56 Å². The highest BCUT2D eigenvalue weighted by atomic mass is 16.1. The minimum atomic E-state index is -0.171. The number of rotatable bonds is 7. The van der Waals surface area contributed by atoms with Gasteiger partial charge in [-0.05, 0) is 41.2 Å². The molecule has 0 saturated heterocycles. The zero-order valence-corrected chi connectivity index (χ0v) is 20.9. The summed E-state index contributed by atoms with van der Waals surface area (Å²) in [7, 11) is 0. The zero-order chi connectivity index (χ0) is 25.2. The summed E-state index contributed by atoms with van der Waals surface area (Å²) >= 11 is 0. The van der Waals surface area contributed by atoms with Gasteiger partial charge in [0, 0.05) is 18.0 Å². The lowest BCUT2D eigenvalue weighted by Crippen LogP contribution is -2.17. The van der Waals surface area contributed by atoms with Crippen molar-refractivity contribution in [3.05, 3.63) is 76.0 Å². The smallest absolute Gasteiger partial charge is 0.290 e. The van der Waals surface area contributed by atoms with Gasteiger partial charge in [0.2, 0.25) is 5.82 Å². The molecule has 188 valence electrons. The molecule has 9 nitrogen and oxygen atoms in total. The van der Waals surface area contributed by atoms with Crippen LogP contribution in [0.5, 0.6) is 0 Å². The molecule has 0 spiro atoms. The Hall–Kier alpha value is -4.14. The number of tetrazole rings is 1. The van der Waals surface area contributed by atoms with E-state index in [1.165, 1.54) is 19.3 Å². The fourth-order valence-corrected chi connectivity index (χ4v) is 5.55. The first kappa shape index (κ1) is 23.3. The lowest BCUT2D eigenvalue weighted by Gasteiger charge is -2.22. The van der Waals surface area contributed by atoms with Crippen molar-refractivity contribution in [2.45, 2.75) is 64.3 Å². The Morgan fingerprint density at radius 3 is 2.49 bits per heavy atom. The molecule has 5 aromatic rings. The number of aryl methyl sites for hydroxylation is 1. The highest BCUT2D eigenvalue weighted by Gasteiger charge is 2.25. The average Bonchev–Trinajstić information content (AvgIpc) is 3.61. The maximum atomic E-state index is 13.0. The van der Waals surface area contributed by atoms with Gasteiger partial charge in [0.25, 0.3) is 5.56 Å². The molecule has 37 heavy (non-hydrogen) atoms. The maximum absolute atomic E-state index is 13.0. The molecular formula is C28H30N8O. The topological polar surface area (TPSA) is 118 Å². The maximum Gasteiger partial charge on any atom is 0.290 e. The second-order valence-electron chi connectivity index (χ2n) is 9.82. The summed E-state index contributed by atoms with van der Waals surface area (Å²) in [5.41, 5.74) is 6.26. The lowest BCUT2D eigenvalue weighted by molar-refractivity contribution is 0.420. The van der Waals surface area contributed by atoms with Gasteiger partial charge in [0.05, 0.1) is 5.69 Å². The Labute approximate surface area is 214 Å². The molecule has 1 aliphatic carbocycles. The number of hydrogen-bond acceptors (Lipinski definition) is 6. The molecule has 3 aromatic heterocycles. The quantitative estimate of drug-likeness (QED) is 0.328. The van der Waals surface area contributed by atoms with E-state index in [1.807, 2.05) is 18.2 Å². The molecule has 0 unspecified atom stereocenters. The number of fused-ring (bicyclic) bond motifs is 1. The van der Waals surface area contributed by atoms with Crippen LogP contribution in [-0.2, 0) is 13.0 Å². The number of nitrogens with zero attached hydrogens (tertiary/aromatic N) is 6. The summed E-state index contributed by atoms with van der Waals surface area (Å²) in [4.78, 5) is 18.1. The highest BCUT2D eigenvalue weighted by Crippen LogP contribution is 2.35. The predicted molar refractivity (Wildman–Crippen MR) is 142 cm³/mol. The van der Waals surface area contributed by atoms with E-state index in [-0.39, 0.29) is 5.56 Å². The minimum absolute atomic E-state index is 0.171. The third-order valence-electron chi connectivity index (χ3n) is 7.35. The summed E-state index contributed by atoms with van der Waals surface area (Å²) < 4.78 is 2.15. The SMILES string of the molecule is CCCc1n[nH]c(=O)c2c1nc(C1CCCCC1)n2Cc1ccc(-c2ccccc2-c2nn[nH]n2)cc1. The number of benzene rings is 2. The first-order valence-electron chi connectivity index (χ1n) is 13.1. The van der Waals surface area contributed by atoms with Crippen LogP contribution >= 0.6 is 0 Å². The fourth-order valence-electron chi connectivity index (χ4n) is 5.55. The highest BCUT2D eigenvalue weighted by molar-refractivity contribution is 5.80. The van der Waals surface area contributed by atoms with Crippen molar-refractivity contribution >= 4 is 11.0 Å². The number of aromatic amines is 2. The number of aromatic nitrogens is 8. The van der Waals surface area contributed by atoms with E-state index in [4.69, 9.17) is 4.98 Å². The Kier molecular flexibility index (Phi) is 6.34. The Bertz CT molecular complexity index is 1560. The van der Waals surface area contributed by atoms with E-state index in [0.29, 0.717) is 23.8 Å². The van der Waals surface area contributed by atoms with Gasteiger partial charge in [0.15, 0.2) is 0 Å². The van der Waals surface area contributed by atoms with Crippen LogP contribution in [0.3, 0.4) is 0 Å². The van der Waals surface area contributed by atoms with Gasteiger partial charge < -0.3 is 4.57 Å². The van der Waals surface area contributed by atoms with Crippen LogP contribution in [0.1, 0.15) is 68.4 Å². The second-order valence-corrected chi connectivity index (χ2v) is 9.82. The summed E-state index contributed by atoms with van der Waals surface area (Å²) in [6, 6.07) is 16.5. The van der Waals surface area contributed by atoms with Gasteiger partial charge in [-0.2, -0.15) is 10.3 Å². The van der Waals surface area contributed by atoms with E-state index < -0.39 is 0 Å². The third-order valence-corrected chi connectivity index (χ3v) is 7.35. The van der Waals surface area contributed by atoms with Crippen molar-refractivity contribution in [1.29, 1.82) is 0 Å². The van der Waals surface area contributed by atoms with Crippen LogP contribution in [0.2, 0.25) is 0 Å². The summed E-state index contributed by atoms with van der Waals surface area (Å²) in [6.45, 7) is 2.71. The fraction of sp³-hybridized carbons (Fsp3) is 0.357. The van der Waals surface area contributed by atoms with Crippen molar-refractivity contribution in [2.24, 2.45) is 0 Å². The van der Waals surface area contributed by atoms with E-state index in [2.05, 4.69) is 72.6 Å². The number of H-pyrrole nitrogens is 2. The summed E-state index contributed by atoms with van der Waals surface area (Å²) in [6.07, 6.45) is 7.66. The Morgan fingerprint density at radius 2 is 1.76 bits per heavy atom. The molecule has 1 fully saturated rings. The van der Waals surface area contributed by atoms with Gasteiger partial charge >= 0.3 is 0 Å². The molecule has 1 saturated carbocycles. The van der Waals surface area contributed by atoms with Crippen molar-refractivity contribution in [1.82, 2.24) is 40.4 Å². The molecule has 3 heterocycles. The monoisotopic (exact) mass is 494 g/mol. The van der Waals surface area contributed by atoms with E-state index in [1.54, 1.807) is 0 Å². The van der Waals surface area contributed by atoms with Gasteiger partial charge in [-0.3, -0.25) is 4.79 Å². The zero-order valence-electron chi connectivity index (χ0n) is 20.9. The molecule has 0 bridgehead atoms. The molecule has 2 aromatic carbocycles. The Morgan fingerprint density at radius 1 is 0.973 bits per heavy atom. The van der Waals surface area contributed by atoms with Crippen LogP contribution in [0, 0.1) is 0 Å². The van der Waals surface area contributed by atoms with Gasteiger partial charge in [-0.1, -0.05) is 81.1 Å². The number of imidazole rings is 1. The van der Waals surface area contributed by atoms with Crippen molar-refractivity contribution < 1.29 is 0 Å². The van der Waals surface area contributed by atoms with Crippen molar-refractivity contribution in [3.63, 3.8) is 0 Å². The summed E-state index contributed by atoms with van der Waals surface area (Å²) in [5.74, 6) is 1.96. The molecule has 9 heteroatoms. The average molecular weight is 495 g/mol. The molecular weight excluding hydrogens is 464 g/mol. The number of hydrogen-bond donors (Lipinski definition) is 2. The second kappa shape index (κ2) is 10.1. The van der Waals surface area contributed by atoms with Gasteiger partial charge in [-0.15, -0.1) is 10.2 Å². The van der Waals surface area contributed by atoms with Crippen molar-refractivity contribution in [2.75, 3.05) is 0 Å². The lowest BCUT2D eigenvalue weighted by atomic mass is 9.88. The standard InChI is InChI=1S/C28H30N8O/c1-2-8-23-24-25(28(37)33-30-23)36(27(29-24)20-9-4-3-5-10-20)17-18-13-15-19(16-14-18)21-11-6-7-12-22(21)26-31-34-35-32-26/h6-7,11-16,20H,2-5,8-10,17H2,1H3,(H,33,37)(H,31,32,34,35). The number of nitrogens with one attached hydrogen (secondary N) is 2. The van der Waals surface area contributed by atoms with Crippen LogP contribution in [0.15, 0.2) is 53.3 Å². The molecule has 0 radical (unpaired) electrons. The first-order valence-corrected chi connectivity index (χ1v) is 13.1. The molecule has 2 N–H and O–H groups in total. The van der Waals surface area contributed by atoms with E-state index in [9.17, 15) is 4.79 Å². The van der Waals surface area contributed by atoms with Crippen LogP contribution in [0.25, 0.3) is 33.5 Å². The largest absolute Gasteiger partial charge is 0.319 e. The van der Waals surface area contributed by atoms with Gasteiger partial charge in [-0.25, -0.2) is 10.1 Å². The first-order chi connectivity index (χ1) is 18.2. The van der Waals surface area contributed by atoms with Crippen LogP contribution in [-0.4, -0.2) is 40.4 Å². The predicted octanol–water partition coefficient (Wildman–Crippen LogP) is 5.02. The van der Waals surface area contributed by atoms with Gasteiger partial charge in [0.1, 0.15) is 16.9 Å². The van der Waals surface area contributed by atoms with Crippen molar-refractivity contribution in [3.8, 4) is 22.5 Å². The van der Waals surface area contributed by atoms with E-state index >= 15 is 0 Å². The molecule has 1 aliphatic rings. The minimum Gasteiger partial charge on any atom is -0.319 e. The Balaban J connectivity index is 1.39. The normalized spacial score (nSPS) is 14.4. The van der Waals surface area contributed by atoms with Crippen LogP contribution in [0.4, 0.5) is 0 Å². The third kappa shape index (κ3) is 4.45. The molecule has 6 rings (SSSR count). The molecule has 0 atom stereocenters. The summed E-state index contributed by atoms with van der Waals surface area (Å²) in [5, 5.41) is 21.6. The van der Waals surface area contributed by atoms with E-state index in [0.717, 1.165) is 65.0 Å². The molecule has 0 amide bonds.